The molecule has 0 aliphatic carbocycles. The zero-order valence-corrected chi connectivity index (χ0v) is 47.8. The monoisotopic (exact) mass is 1020 g/mol. The average Bonchev–Trinajstić information content (AvgIpc) is 3.40. The Morgan fingerprint density at radius 1 is 0.284 bits per heavy atom. The molecule has 1 unspecified atom stereocenters. The van der Waals surface area contributed by atoms with E-state index >= 15 is 0 Å². The third-order valence-electron chi connectivity index (χ3n) is 12.4. The second-order valence-electron chi connectivity index (χ2n) is 19.5. The van der Waals surface area contributed by atoms with Crippen molar-refractivity contribution in [2.45, 2.75) is 264 Å². The normalized spacial score (nSPS) is 13.1. The first-order chi connectivity index (χ1) is 36.5. The second-order valence-corrected chi connectivity index (χ2v) is 19.5. The number of carbonyl (C=O) groups excluding carboxylic acids is 3. The number of unbranched alkanes of at least 4 members (excludes halogenated alkanes) is 20. The van der Waals surface area contributed by atoms with Gasteiger partial charge < -0.3 is 14.2 Å². The Balaban J connectivity index is 4.42. The van der Waals surface area contributed by atoms with Gasteiger partial charge in [-0.25, -0.2) is 0 Å². The minimum atomic E-state index is -0.818. The minimum absolute atomic E-state index is 0.113. The van der Waals surface area contributed by atoms with Gasteiger partial charge in [0.15, 0.2) is 6.10 Å². The molecule has 0 rings (SSSR count). The molecular weight excluding hydrogens is 913 g/mol. The third kappa shape index (κ3) is 58.4. The number of carbonyl (C=O) groups is 3. The fourth-order valence-corrected chi connectivity index (χ4v) is 7.97. The van der Waals surface area contributed by atoms with Gasteiger partial charge in [-0.05, 0) is 103 Å². The Hall–Kier alpha value is -4.45. The van der Waals surface area contributed by atoms with Crippen molar-refractivity contribution >= 4 is 17.9 Å². The molecule has 0 saturated carbocycles. The van der Waals surface area contributed by atoms with Crippen LogP contribution in [0.2, 0.25) is 0 Å². The van der Waals surface area contributed by atoms with Crippen LogP contribution in [-0.4, -0.2) is 37.2 Å². The fourth-order valence-electron chi connectivity index (χ4n) is 7.97. The van der Waals surface area contributed by atoms with E-state index in [1.807, 2.05) is 6.08 Å². The molecular formula is C68H110O6. The zero-order chi connectivity index (χ0) is 53.6. The summed E-state index contributed by atoms with van der Waals surface area (Å²) < 4.78 is 16.8. The molecule has 0 aromatic heterocycles. The first-order valence-electron chi connectivity index (χ1n) is 30.2. The summed E-state index contributed by atoms with van der Waals surface area (Å²) >= 11 is 0. The van der Waals surface area contributed by atoms with Crippen molar-refractivity contribution in [3.63, 3.8) is 0 Å². The Morgan fingerprint density at radius 3 is 0.905 bits per heavy atom. The Kier molecular flexibility index (Phi) is 57.4. The Bertz CT molecular complexity index is 1600. The Labute approximate surface area is 455 Å². The molecule has 6 nitrogen and oxygen atoms in total. The van der Waals surface area contributed by atoms with Gasteiger partial charge in [-0.15, -0.1) is 0 Å². The number of allylic oxidation sites excluding steroid dienone is 22. The fraction of sp³-hybridized carbons (Fsp3) is 0.632. The largest absolute Gasteiger partial charge is 0.462 e. The van der Waals surface area contributed by atoms with Crippen LogP contribution in [0.25, 0.3) is 0 Å². The maximum atomic E-state index is 12.9. The van der Waals surface area contributed by atoms with E-state index in [1.165, 1.54) is 83.5 Å². The molecule has 0 N–H and O–H groups in total. The highest BCUT2D eigenvalue weighted by molar-refractivity contribution is 5.71. The number of hydrogen-bond acceptors (Lipinski definition) is 6. The molecule has 0 fully saturated rings. The van der Waals surface area contributed by atoms with Crippen molar-refractivity contribution in [2.24, 2.45) is 0 Å². The third-order valence-corrected chi connectivity index (χ3v) is 12.4. The number of rotatable bonds is 53. The van der Waals surface area contributed by atoms with Crippen molar-refractivity contribution in [1.29, 1.82) is 0 Å². The lowest BCUT2D eigenvalue weighted by Crippen LogP contribution is -2.30. The lowest BCUT2D eigenvalue weighted by Gasteiger charge is -2.18. The highest BCUT2D eigenvalue weighted by Gasteiger charge is 2.19. The van der Waals surface area contributed by atoms with Crippen LogP contribution in [0.15, 0.2) is 134 Å². The summed E-state index contributed by atoms with van der Waals surface area (Å²) in [5, 5.41) is 0. The van der Waals surface area contributed by atoms with Crippen LogP contribution in [0, 0.1) is 0 Å². The van der Waals surface area contributed by atoms with Crippen molar-refractivity contribution in [1.82, 2.24) is 0 Å². The van der Waals surface area contributed by atoms with Gasteiger partial charge in [-0.1, -0.05) is 270 Å². The number of esters is 3. The highest BCUT2D eigenvalue weighted by atomic mass is 16.6. The molecule has 0 spiro atoms. The van der Waals surface area contributed by atoms with Crippen molar-refractivity contribution < 1.29 is 28.6 Å². The van der Waals surface area contributed by atoms with Crippen LogP contribution in [0.5, 0.6) is 0 Å². The molecule has 0 aliphatic heterocycles. The zero-order valence-electron chi connectivity index (χ0n) is 47.8. The minimum Gasteiger partial charge on any atom is -0.462 e. The molecule has 0 radical (unpaired) electrons. The van der Waals surface area contributed by atoms with Crippen LogP contribution in [-0.2, 0) is 28.6 Å². The van der Waals surface area contributed by atoms with E-state index in [-0.39, 0.29) is 37.5 Å². The molecule has 0 aliphatic rings. The molecule has 0 bridgehead atoms. The average molecular weight is 1020 g/mol. The summed E-state index contributed by atoms with van der Waals surface area (Å²) in [6.07, 6.45) is 86.1. The van der Waals surface area contributed by atoms with Gasteiger partial charge in [-0.3, -0.25) is 14.4 Å². The second kappa shape index (κ2) is 61.1. The number of ether oxygens (including phenoxy) is 3. The van der Waals surface area contributed by atoms with Crippen molar-refractivity contribution in [3.05, 3.63) is 134 Å². The molecule has 6 heteroatoms. The maximum Gasteiger partial charge on any atom is 0.306 e. The van der Waals surface area contributed by atoms with Gasteiger partial charge in [0.05, 0.1) is 0 Å². The summed E-state index contributed by atoms with van der Waals surface area (Å²) in [6.45, 7) is 6.33. The lowest BCUT2D eigenvalue weighted by molar-refractivity contribution is -0.166. The predicted molar refractivity (Wildman–Crippen MR) is 320 cm³/mol. The van der Waals surface area contributed by atoms with E-state index in [2.05, 4.69) is 148 Å². The van der Waals surface area contributed by atoms with E-state index in [0.29, 0.717) is 19.3 Å². The molecule has 0 saturated heterocycles. The van der Waals surface area contributed by atoms with Crippen molar-refractivity contribution in [3.8, 4) is 0 Å². The highest BCUT2D eigenvalue weighted by Crippen LogP contribution is 2.15. The summed E-state index contributed by atoms with van der Waals surface area (Å²) in [6, 6.07) is 0. The van der Waals surface area contributed by atoms with Crippen LogP contribution >= 0.6 is 0 Å². The first kappa shape index (κ1) is 69.5. The Morgan fingerprint density at radius 2 is 0.554 bits per heavy atom. The molecule has 418 valence electrons. The first-order valence-corrected chi connectivity index (χ1v) is 30.2. The molecule has 1 atom stereocenters. The molecule has 0 amide bonds. The predicted octanol–water partition coefficient (Wildman–Crippen LogP) is 20.6. The summed E-state index contributed by atoms with van der Waals surface area (Å²) in [7, 11) is 0. The van der Waals surface area contributed by atoms with Gasteiger partial charge in [-0.2, -0.15) is 0 Å². The molecule has 0 aromatic rings. The molecule has 74 heavy (non-hydrogen) atoms. The summed E-state index contributed by atoms with van der Waals surface area (Å²) in [5.41, 5.74) is 0. The van der Waals surface area contributed by atoms with Crippen LogP contribution in [0.1, 0.15) is 258 Å². The van der Waals surface area contributed by atoms with Crippen LogP contribution in [0.3, 0.4) is 0 Å². The lowest BCUT2D eigenvalue weighted by atomic mass is 10.0. The molecule has 0 aromatic carbocycles. The SMILES string of the molecule is CC/C=C\C/C=C\C/C=C\C/C=C\C/C=C\C/C=C\C/C=C\CCCCCCCC(=O)OCC(COC(=O)CC/C=C\C/C=C\C/C=C\C/C=C\CC)OC(=O)CCCCCCCCCCCCCCCCCC. The topological polar surface area (TPSA) is 78.9 Å². The summed E-state index contributed by atoms with van der Waals surface area (Å²) in [5.74, 6) is -1.01. The van der Waals surface area contributed by atoms with E-state index in [1.54, 1.807) is 0 Å². The van der Waals surface area contributed by atoms with Gasteiger partial charge in [0.25, 0.3) is 0 Å². The standard InChI is InChI=1S/C68H110O6/c1-4-7-10-13-16-19-22-25-27-29-30-31-32-33-34-35-36-37-38-39-41-43-46-49-52-55-58-61-67(70)73-64-65(63-72-66(69)60-57-54-51-48-45-42-24-21-18-15-12-9-6-3)74-68(71)62-59-56-53-50-47-44-40-28-26-23-20-17-14-11-8-5-2/h7,9-10,12,16,18-19,21,25,27,30-31,33-34,36-37,39,41-42,45,51,54,65H,4-6,8,11,13-15,17,20,22-24,26,28-29,32,35,38,40,43-44,46-50,52-53,55-64H2,1-3H3/b10-7-,12-9-,19-16-,21-18-,27-25-,31-30-,34-33-,37-36-,41-39-,45-42-,54-51-. The molecule has 0 heterocycles. The maximum absolute atomic E-state index is 12.9. The van der Waals surface area contributed by atoms with Gasteiger partial charge in [0, 0.05) is 19.3 Å². The van der Waals surface area contributed by atoms with Gasteiger partial charge in [0.2, 0.25) is 0 Å². The van der Waals surface area contributed by atoms with Gasteiger partial charge in [0.1, 0.15) is 13.2 Å². The van der Waals surface area contributed by atoms with E-state index in [0.717, 1.165) is 128 Å². The van der Waals surface area contributed by atoms with Crippen LogP contribution in [0.4, 0.5) is 0 Å². The smallest absolute Gasteiger partial charge is 0.306 e. The van der Waals surface area contributed by atoms with Crippen LogP contribution < -0.4 is 0 Å². The summed E-state index contributed by atoms with van der Waals surface area (Å²) in [4.78, 5) is 38.2. The van der Waals surface area contributed by atoms with E-state index < -0.39 is 6.10 Å². The van der Waals surface area contributed by atoms with E-state index in [9.17, 15) is 14.4 Å². The van der Waals surface area contributed by atoms with E-state index in [4.69, 9.17) is 14.2 Å². The van der Waals surface area contributed by atoms with Crippen molar-refractivity contribution in [2.75, 3.05) is 13.2 Å². The van der Waals surface area contributed by atoms with Gasteiger partial charge >= 0.3 is 17.9 Å². The quantitative estimate of drug-likeness (QED) is 0.0261. The number of hydrogen-bond donors (Lipinski definition) is 0.